The molecule has 17 heavy (non-hydrogen) atoms. The van der Waals surface area contributed by atoms with E-state index < -0.39 is 0 Å². The number of esters is 1. The average Bonchev–Trinajstić information content (AvgIpc) is 2.73. The molecule has 2 rings (SSSR count). The summed E-state index contributed by atoms with van der Waals surface area (Å²) in [6.45, 7) is 0. The summed E-state index contributed by atoms with van der Waals surface area (Å²) in [6, 6.07) is 7.79. The van der Waals surface area contributed by atoms with Crippen LogP contribution in [0.4, 0.5) is 0 Å². The topological polar surface area (TPSA) is 42.1 Å². The number of ether oxygens (including phenoxy) is 1. The summed E-state index contributed by atoms with van der Waals surface area (Å²) < 4.78 is 4.85. The largest absolute Gasteiger partial charge is 0.465 e. The predicted molar refractivity (Wildman–Crippen MR) is 71.8 cm³/mol. The first-order valence-corrected chi connectivity index (χ1v) is 6.64. The standard InChI is InChI=1S/C13H14BrNO2/c1-17-13(16)12-9-5-2-3-6-10(9)15-11(12)7-4-8-14/h2-3,5-6,15H,4,7-8H2,1H3. The van der Waals surface area contributed by atoms with Crippen molar-refractivity contribution in [3.05, 3.63) is 35.5 Å². The van der Waals surface area contributed by atoms with E-state index in [0.717, 1.165) is 34.8 Å². The molecule has 0 spiro atoms. The fourth-order valence-corrected chi connectivity index (χ4v) is 2.24. The first-order chi connectivity index (χ1) is 8.27. The molecule has 0 saturated heterocycles. The predicted octanol–water partition coefficient (Wildman–Crippen LogP) is 3.28. The second kappa shape index (κ2) is 5.36. The van der Waals surface area contributed by atoms with Crippen molar-refractivity contribution in [1.82, 2.24) is 4.98 Å². The summed E-state index contributed by atoms with van der Waals surface area (Å²) in [4.78, 5) is 15.1. The number of para-hydroxylation sites is 1. The van der Waals surface area contributed by atoms with Crippen molar-refractivity contribution in [2.24, 2.45) is 0 Å². The molecule has 90 valence electrons. The van der Waals surface area contributed by atoms with Gasteiger partial charge in [-0.05, 0) is 18.9 Å². The van der Waals surface area contributed by atoms with Crippen molar-refractivity contribution in [3.8, 4) is 0 Å². The van der Waals surface area contributed by atoms with Crippen LogP contribution >= 0.6 is 15.9 Å². The van der Waals surface area contributed by atoms with Crippen LogP contribution < -0.4 is 0 Å². The molecule has 0 fully saturated rings. The normalized spacial score (nSPS) is 10.7. The van der Waals surface area contributed by atoms with Crippen molar-refractivity contribution < 1.29 is 9.53 Å². The van der Waals surface area contributed by atoms with E-state index in [-0.39, 0.29) is 5.97 Å². The van der Waals surface area contributed by atoms with Crippen molar-refractivity contribution in [1.29, 1.82) is 0 Å². The van der Waals surface area contributed by atoms with Crippen molar-refractivity contribution in [3.63, 3.8) is 0 Å². The molecule has 0 unspecified atom stereocenters. The number of aromatic amines is 1. The zero-order valence-corrected chi connectivity index (χ0v) is 11.2. The third-order valence-electron chi connectivity index (χ3n) is 2.73. The Bertz CT molecular complexity index is 533. The Balaban J connectivity index is 2.52. The summed E-state index contributed by atoms with van der Waals surface area (Å²) >= 11 is 3.40. The highest BCUT2D eigenvalue weighted by Gasteiger charge is 2.17. The lowest BCUT2D eigenvalue weighted by Crippen LogP contribution is -2.04. The molecular formula is C13H14BrNO2. The van der Waals surface area contributed by atoms with Crippen molar-refractivity contribution in [2.45, 2.75) is 12.8 Å². The number of benzene rings is 1. The zero-order chi connectivity index (χ0) is 12.3. The monoisotopic (exact) mass is 295 g/mol. The number of nitrogens with one attached hydrogen (secondary N) is 1. The quantitative estimate of drug-likeness (QED) is 0.695. The number of H-pyrrole nitrogens is 1. The van der Waals surface area contributed by atoms with Crippen LogP contribution in [-0.4, -0.2) is 23.4 Å². The van der Waals surface area contributed by atoms with Crippen LogP contribution in [0.15, 0.2) is 24.3 Å². The molecule has 0 bridgehead atoms. The first kappa shape index (κ1) is 12.2. The maximum Gasteiger partial charge on any atom is 0.340 e. The van der Waals surface area contributed by atoms with Crippen LogP contribution in [-0.2, 0) is 11.2 Å². The van der Waals surface area contributed by atoms with E-state index >= 15 is 0 Å². The maximum absolute atomic E-state index is 11.8. The van der Waals surface area contributed by atoms with E-state index in [1.807, 2.05) is 24.3 Å². The first-order valence-electron chi connectivity index (χ1n) is 5.51. The fraction of sp³-hybridized carbons (Fsp3) is 0.308. The Labute approximate surface area is 108 Å². The van der Waals surface area contributed by atoms with Gasteiger partial charge in [-0.25, -0.2) is 4.79 Å². The second-order valence-electron chi connectivity index (χ2n) is 3.81. The average molecular weight is 296 g/mol. The number of rotatable bonds is 4. The molecule has 2 aromatic rings. The molecule has 1 aromatic heterocycles. The molecule has 1 aromatic carbocycles. The van der Waals surface area contributed by atoms with Crippen LogP contribution in [0.25, 0.3) is 10.9 Å². The fourth-order valence-electron chi connectivity index (χ4n) is 1.96. The van der Waals surface area contributed by atoms with Gasteiger partial charge in [0.2, 0.25) is 0 Å². The van der Waals surface area contributed by atoms with Gasteiger partial charge in [0.05, 0.1) is 12.7 Å². The highest BCUT2D eigenvalue weighted by Crippen LogP contribution is 2.24. The van der Waals surface area contributed by atoms with Crippen LogP contribution in [0.1, 0.15) is 22.5 Å². The van der Waals surface area contributed by atoms with Gasteiger partial charge in [-0.3, -0.25) is 0 Å². The molecule has 0 saturated carbocycles. The Morgan fingerprint density at radius 2 is 2.18 bits per heavy atom. The van der Waals surface area contributed by atoms with Gasteiger partial charge in [-0.1, -0.05) is 34.1 Å². The highest BCUT2D eigenvalue weighted by molar-refractivity contribution is 9.09. The Hall–Kier alpha value is -1.29. The van der Waals surface area contributed by atoms with E-state index in [4.69, 9.17) is 4.74 Å². The number of methoxy groups -OCH3 is 1. The maximum atomic E-state index is 11.8. The third-order valence-corrected chi connectivity index (χ3v) is 3.29. The lowest BCUT2D eigenvalue weighted by Gasteiger charge is -2.01. The van der Waals surface area contributed by atoms with Gasteiger partial charge < -0.3 is 9.72 Å². The molecule has 0 aliphatic carbocycles. The second-order valence-corrected chi connectivity index (χ2v) is 4.60. The number of halogens is 1. The number of carbonyl (C=O) groups excluding carboxylic acids is 1. The molecule has 0 amide bonds. The van der Waals surface area contributed by atoms with Gasteiger partial charge in [0, 0.05) is 21.9 Å². The molecule has 1 heterocycles. The molecule has 0 aliphatic heterocycles. The SMILES string of the molecule is COC(=O)c1c(CCCBr)[nH]c2ccccc12. The van der Waals surface area contributed by atoms with Gasteiger partial charge in [0.1, 0.15) is 0 Å². The molecule has 3 nitrogen and oxygen atoms in total. The van der Waals surface area contributed by atoms with Crippen molar-refractivity contribution >= 4 is 32.8 Å². The molecule has 1 N–H and O–H groups in total. The summed E-state index contributed by atoms with van der Waals surface area (Å²) in [6.07, 6.45) is 1.82. The smallest absolute Gasteiger partial charge is 0.340 e. The summed E-state index contributed by atoms with van der Waals surface area (Å²) in [5, 5.41) is 1.85. The van der Waals surface area contributed by atoms with Gasteiger partial charge in [-0.2, -0.15) is 0 Å². The minimum absolute atomic E-state index is 0.271. The Kier molecular flexibility index (Phi) is 3.84. The number of fused-ring (bicyclic) bond motifs is 1. The van der Waals surface area contributed by atoms with Crippen LogP contribution in [0.5, 0.6) is 0 Å². The highest BCUT2D eigenvalue weighted by atomic mass is 79.9. The van der Waals surface area contributed by atoms with Crippen LogP contribution in [0.2, 0.25) is 0 Å². The van der Waals surface area contributed by atoms with Crippen LogP contribution in [0.3, 0.4) is 0 Å². The third kappa shape index (κ3) is 2.36. The lowest BCUT2D eigenvalue weighted by molar-refractivity contribution is 0.0602. The van der Waals surface area contributed by atoms with E-state index in [9.17, 15) is 4.79 Å². The molecule has 0 atom stereocenters. The van der Waals surface area contributed by atoms with E-state index in [1.54, 1.807) is 0 Å². The number of hydrogen-bond donors (Lipinski definition) is 1. The number of aryl methyl sites for hydroxylation is 1. The Morgan fingerprint density at radius 3 is 2.88 bits per heavy atom. The number of aromatic nitrogens is 1. The number of hydrogen-bond acceptors (Lipinski definition) is 2. The number of carbonyl (C=O) groups is 1. The number of alkyl halides is 1. The molecule has 0 aliphatic rings. The van der Waals surface area contributed by atoms with Crippen molar-refractivity contribution in [2.75, 3.05) is 12.4 Å². The summed E-state index contributed by atoms with van der Waals surface area (Å²) in [7, 11) is 1.42. The lowest BCUT2D eigenvalue weighted by atomic mass is 10.1. The molecule has 0 radical (unpaired) electrons. The van der Waals surface area contributed by atoms with Gasteiger partial charge in [0.15, 0.2) is 0 Å². The summed E-state index contributed by atoms with van der Waals surface area (Å²) in [5.74, 6) is -0.271. The van der Waals surface area contributed by atoms with Crippen LogP contribution in [0, 0.1) is 0 Å². The molecule has 4 heteroatoms. The van der Waals surface area contributed by atoms with Gasteiger partial charge in [-0.15, -0.1) is 0 Å². The van der Waals surface area contributed by atoms with E-state index in [1.165, 1.54) is 7.11 Å². The van der Waals surface area contributed by atoms with Gasteiger partial charge >= 0.3 is 5.97 Å². The minimum atomic E-state index is -0.271. The van der Waals surface area contributed by atoms with E-state index in [2.05, 4.69) is 20.9 Å². The zero-order valence-electron chi connectivity index (χ0n) is 9.63. The Morgan fingerprint density at radius 1 is 1.41 bits per heavy atom. The minimum Gasteiger partial charge on any atom is -0.465 e. The summed E-state index contributed by atoms with van der Waals surface area (Å²) in [5.41, 5.74) is 2.61. The molecular weight excluding hydrogens is 282 g/mol. The van der Waals surface area contributed by atoms with E-state index in [0.29, 0.717) is 5.56 Å². The van der Waals surface area contributed by atoms with Gasteiger partial charge in [0.25, 0.3) is 0 Å².